The molecule has 1 aliphatic carbocycles. The Labute approximate surface area is 164 Å². The summed E-state index contributed by atoms with van der Waals surface area (Å²) in [6.07, 6.45) is 2.34. The van der Waals surface area contributed by atoms with Crippen LogP contribution in [0.15, 0.2) is 53.4 Å². The molecule has 5 nitrogen and oxygen atoms in total. The quantitative estimate of drug-likeness (QED) is 0.734. The third-order valence-electron chi connectivity index (χ3n) is 5.57. The first-order valence-electron chi connectivity index (χ1n) is 9.49. The Morgan fingerprint density at radius 1 is 1.00 bits per heavy atom. The van der Waals surface area contributed by atoms with Gasteiger partial charge in [0.25, 0.3) is 0 Å². The number of nitrogens with zero attached hydrogens (tertiary/aromatic N) is 1. The summed E-state index contributed by atoms with van der Waals surface area (Å²) >= 11 is 0. The zero-order chi connectivity index (χ0) is 19.7. The van der Waals surface area contributed by atoms with Crippen LogP contribution in [-0.4, -0.2) is 31.8 Å². The summed E-state index contributed by atoms with van der Waals surface area (Å²) in [6, 6.07) is 12.8. The SMILES string of the molecule is O=C(O[C@H]1CCc2ccccc21)C1CCN(S(=O)(=O)c2ccc(F)cc2)CC1. The van der Waals surface area contributed by atoms with Gasteiger partial charge in [0.2, 0.25) is 10.0 Å². The van der Waals surface area contributed by atoms with Crippen LogP contribution in [0.4, 0.5) is 4.39 Å². The molecular formula is C21H22FNO4S. The molecule has 0 spiro atoms. The van der Waals surface area contributed by atoms with Crippen molar-refractivity contribution in [2.45, 2.75) is 36.7 Å². The normalized spacial score (nSPS) is 20.7. The molecule has 0 N–H and O–H groups in total. The van der Waals surface area contributed by atoms with E-state index in [1.54, 1.807) is 0 Å². The Morgan fingerprint density at radius 3 is 2.39 bits per heavy atom. The van der Waals surface area contributed by atoms with Crippen LogP contribution in [0.1, 0.15) is 36.5 Å². The number of carbonyl (C=O) groups excluding carboxylic acids is 1. The van der Waals surface area contributed by atoms with Crippen LogP contribution in [0, 0.1) is 11.7 Å². The van der Waals surface area contributed by atoms with Crippen LogP contribution in [0.5, 0.6) is 0 Å². The van der Waals surface area contributed by atoms with Crippen molar-refractivity contribution in [2.75, 3.05) is 13.1 Å². The maximum Gasteiger partial charge on any atom is 0.309 e. The third-order valence-corrected chi connectivity index (χ3v) is 7.49. The van der Waals surface area contributed by atoms with Gasteiger partial charge in [-0.15, -0.1) is 0 Å². The molecule has 0 amide bonds. The highest BCUT2D eigenvalue weighted by Gasteiger charge is 2.34. The van der Waals surface area contributed by atoms with Crippen molar-refractivity contribution in [3.63, 3.8) is 0 Å². The third kappa shape index (κ3) is 3.69. The minimum atomic E-state index is -3.68. The predicted molar refractivity (Wildman–Crippen MR) is 101 cm³/mol. The van der Waals surface area contributed by atoms with Gasteiger partial charge in [0, 0.05) is 13.1 Å². The molecule has 1 aliphatic heterocycles. The first-order chi connectivity index (χ1) is 13.4. The average Bonchev–Trinajstić information content (AvgIpc) is 3.11. The van der Waals surface area contributed by atoms with E-state index in [2.05, 4.69) is 6.07 Å². The highest BCUT2D eigenvalue weighted by atomic mass is 32.2. The highest BCUT2D eigenvalue weighted by molar-refractivity contribution is 7.89. The fourth-order valence-electron chi connectivity index (χ4n) is 3.96. The fraction of sp³-hybridized carbons (Fsp3) is 0.381. The maximum absolute atomic E-state index is 13.1. The first kappa shape index (κ1) is 19.1. The molecule has 1 atom stereocenters. The van der Waals surface area contributed by atoms with Crippen LogP contribution in [-0.2, 0) is 26.0 Å². The average molecular weight is 403 g/mol. The van der Waals surface area contributed by atoms with E-state index in [9.17, 15) is 17.6 Å². The Kier molecular flexibility index (Phi) is 5.21. The molecule has 0 bridgehead atoms. The van der Waals surface area contributed by atoms with Crippen LogP contribution >= 0.6 is 0 Å². The molecule has 7 heteroatoms. The number of carbonyl (C=O) groups is 1. The smallest absolute Gasteiger partial charge is 0.309 e. The summed E-state index contributed by atoms with van der Waals surface area (Å²) < 4.78 is 45.5. The molecule has 0 unspecified atom stereocenters. The monoisotopic (exact) mass is 403 g/mol. The van der Waals surface area contributed by atoms with Crippen LogP contribution < -0.4 is 0 Å². The summed E-state index contributed by atoms with van der Waals surface area (Å²) in [4.78, 5) is 12.7. The van der Waals surface area contributed by atoms with E-state index in [-0.39, 0.29) is 36.0 Å². The zero-order valence-corrected chi connectivity index (χ0v) is 16.2. The topological polar surface area (TPSA) is 63.7 Å². The van der Waals surface area contributed by atoms with Crippen LogP contribution in [0.2, 0.25) is 0 Å². The second-order valence-electron chi connectivity index (χ2n) is 7.30. The Bertz CT molecular complexity index is 966. The summed E-state index contributed by atoms with van der Waals surface area (Å²) in [7, 11) is -3.68. The van der Waals surface area contributed by atoms with Gasteiger partial charge in [-0.05, 0) is 61.1 Å². The molecule has 1 fully saturated rings. The number of ether oxygens (including phenoxy) is 1. The van der Waals surface area contributed by atoms with Gasteiger partial charge in [-0.2, -0.15) is 4.31 Å². The number of rotatable bonds is 4. The Balaban J connectivity index is 1.36. The van der Waals surface area contributed by atoms with Crippen molar-refractivity contribution in [3.05, 3.63) is 65.5 Å². The Morgan fingerprint density at radius 2 is 1.68 bits per heavy atom. The lowest BCUT2D eigenvalue weighted by atomic mass is 9.98. The molecule has 1 saturated heterocycles. The molecule has 1 heterocycles. The first-order valence-corrected chi connectivity index (χ1v) is 10.9. The second-order valence-corrected chi connectivity index (χ2v) is 9.23. The molecular weight excluding hydrogens is 381 g/mol. The molecule has 148 valence electrons. The minimum absolute atomic E-state index is 0.0671. The molecule has 0 radical (unpaired) electrons. The van der Waals surface area contributed by atoms with Crippen LogP contribution in [0.3, 0.4) is 0 Å². The van der Waals surface area contributed by atoms with Crippen molar-refractivity contribution in [1.29, 1.82) is 0 Å². The molecule has 28 heavy (non-hydrogen) atoms. The van der Waals surface area contributed by atoms with Gasteiger partial charge >= 0.3 is 5.97 Å². The number of benzene rings is 2. The van der Waals surface area contributed by atoms with E-state index in [0.29, 0.717) is 12.8 Å². The second kappa shape index (κ2) is 7.64. The fourth-order valence-corrected chi connectivity index (χ4v) is 5.43. The minimum Gasteiger partial charge on any atom is -0.457 e. The van der Waals surface area contributed by atoms with Crippen molar-refractivity contribution in [2.24, 2.45) is 5.92 Å². The van der Waals surface area contributed by atoms with Gasteiger partial charge in [0.05, 0.1) is 10.8 Å². The van der Waals surface area contributed by atoms with Gasteiger partial charge in [-0.3, -0.25) is 4.79 Å². The number of sulfonamides is 1. The van der Waals surface area contributed by atoms with Gasteiger partial charge in [0.15, 0.2) is 0 Å². The number of fused-ring (bicyclic) bond motifs is 1. The standard InChI is InChI=1S/C21H22FNO4S/c22-17-6-8-18(9-7-17)28(25,26)23-13-11-16(12-14-23)21(24)27-20-10-5-15-3-1-2-4-19(15)20/h1-4,6-9,16,20H,5,10-14H2/t20-/m0/s1. The lowest BCUT2D eigenvalue weighted by Crippen LogP contribution is -2.40. The molecule has 2 aliphatic rings. The summed E-state index contributed by atoms with van der Waals surface area (Å²) in [5.41, 5.74) is 2.30. The summed E-state index contributed by atoms with van der Waals surface area (Å²) in [5.74, 6) is -1.03. The van der Waals surface area contributed by atoms with E-state index in [1.165, 1.54) is 22.0 Å². The van der Waals surface area contributed by atoms with Crippen molar-refractivity contribution in [1.82, 2.24) is 4.31 Å². The van der Waals surface area contributed by atoms with E-state index in [0.717, 1.165) is 30.5 Å². The predicted octanol–water partition coefficient (Wildman–Crippen LogP) is 3.46. The molecule has 4 rings (SSSR count). The summed E-state index contributed by atoms with van der Waals surface area (Å²) in [5, 5.41) is 0. The highest BCUT2D eigenvalue weighted by Crippen LogP contribution is 2.35. The van der Waals surface area contributed by atoms with E-state index in [4.69, 9.17) is 4.74 Å². The van der Waals surface area contributed by atoms with E-state index >= 15 is 0 Å². The number of piperidine rings is 1. The largest absolute Gasteiger partial charge is 0.457 e. The zero-order valence-electron chi connectivity index (χ0n) is 15.4. The molecule has 2 aromatic carbocycles. The van der Waals surface area contributed by atoms with Crippen molar-refractivity contribution >= 4 is 16.0 Å². The molecule has 0 aromatic heterocycles. The number of hydrogen-bond donors (Lipinski definition) is 0. The summed E-state index contributed by atoms with van der Waals surface area (Å²) in [6.45, 7) is 0.501. The number of halogens is 1. The van der Waals surface area contributed by atoms with Gasteiger partial charge in [-0.25, -0.2) is 12.8 Å². The van der Waals surface area contributed by atoms with Crippen molar-refractivity contribution < 1.29 is 22.3 Å². The lowest BCUT2D eigenvalue weighted by molar-refractivity contribution is -0.155. The number of aryl methyl sites for hydroxylation is 1. The van der Waals surface area contributed by atoms with Gasteiger partial charge < -0.3 is 4.74 Å². The van der Waals surface area contributed by atoms with Crippen LogP contribution in [0.25, 0.3) is 0 Å². The molecule has 2 aromatic rings. The van der Waals surface area contributed by atoms with Crippen molar-refractivity contribution in [3.8, 4) is 0 Å². The van der Waals surface area contributed by atoms with Gasteiger partial charge in [0.1, 0.15) is 11.9 Å². The Hall–Kier alpha value is -2.25. The van der Waals surface area contributed by atoms with E-state index < -0.39 is 15.8 Å². The lowest BCUT2D eigenvalue weighted by Gasteiger charge is -2.30. The number of esters is 1. The van der Waals surface area contributed by atoms with E-state index in [1.807, 2.05) is 18.2 Å². The molecule has 0 saturated carbocycles. The maximum atomic E-state index is 13.1. The van der Waals surface area contributed by atoms with Gasteiger partial charge in [-0.1, -0.05) is 24.3 Å². The number of hydrogen-bond acceptors (Lipinski definition) is 4.